The van der Waals surface area contributed by atoms with Gasteiger partial charge < -0.3 is 11.1 Å². The van der Waals surface area contributed by atoms with Crippen LogP contribution in [-0.2, 0) is 4.79 Å². The Morgan fingerprint density at radius 3 is 2.18 bits per heavy atom. The van der Waals surface area contributed by atoms with Gasteiger partial charge in [-0.2, -0.15) is 0 Å². The highest BCUT2D eigenvalue weighted by molar-refractivity contribution is 7.80. The van der Waals surface area contributed by atoms with Gasteiger partial charge in [0.2, 0.25) is 5.91 Å². The number of hydrogen-bond acceptors (Lipinski definition) is 2. The van der Waals surface area contributed by atoms with Crippen LogP contribution in [-0.4, -0.2) is 16.9 Å². The number of rotatable bonds is 3. The Balaban J connectivity index is 3.93. The van der Waals surface area contributed by atoms with Gasteiger partial charge in [0, 0.05) is 6.04 Å². The Bertz CT molecular complexity index is 168. The first-order chi connectivity index (χ1) is 4.95. The van der Waals surface area contributed by atoms with E-state index < -0.39 is 0 Å². The largest absolute Gasteiger partial charge is 0.393 e. The van der Waals surface area contributed by atoms with E-state index in [0.717, 1.165) is 0 Å². The molecule has 0 aliphatic carbocycles. The van der Waals surface area contributed by atoms with Crippen molar-refractivity contribution in [3.8, 4) is 0 Å². The first-order valence-corrected chi connectivity index (χ1v) is 3.95. The Morgan fingerprint density at radius 2 is 1.91 bits per heavy atom. The van der Waals surface area contributed by atoms with Crippen molar-refractivity contribution >= 4 is 23.1 Å². The highest BCUT2D eigenvalue weighted by Crippen LogP contribution is 1.95. The number of nitrogens with two attached hydrogens (primary N) is 1. The van der Waals surface area contributed by atoms with Crippen molar-refractivity contribution in [3.05, 3.63) is 0 Å². The van der Waals surface area contributed by atoms with Crippen molar-refractivity contribution < 1.29 is 4.79 Å². The standard InChI is InChI=1S/C7H14N2OS/c1-4(2)9-7(10)5(3)6(8)11/h4-5H,1-3H3,(H2,8,11)(H,9,10). The number of hydrogen-bond donors (Lipinski definition) is 2. The molecule has 3 N–H and O–H groups in total. The molecule has 1 atom stereocenters. The van der Waals surface area contributed by atoms with Crippen molar-refractivity contribution in [3.63, 3.8) is 0 Å². The third-order valence-corrected chi connectivity index (χ3v) is 1.60. The summed E-state index contributed by atoms with van der Waals surface area (Å²) in [5.74, 6) is -0.472. The average Bonchev–Trinajstić information content (AvgIpc) is 1.84. The minimum absolute atomic E-state index is 0.104. The van der Waals surface area contributed by atoms with Crippen LogP contribution in [0.3, 0.4) is 0 Å². The van der Waals surface area contributed by atoms with Gasteiger partial charge in [-0.25, -0.2) is 0 Å². The maximum Gasteiger partial charge on any atom is 0.229 e. The van der Waals surface area contributed by atoms with E-state index in [1.165, 1.54) is 0 Å². The predicted octanol–water partition coefficient (Wildman–Crippen LogP) is 0.433. The summed E-state index contributed by atoms with van der Waals surface area (Å²) >= 11 is 4.66. The zero-order valence-corrected chi connectivity index (χ0v) is 7.87. The Kier molecular flexibility index (Phi) is 4.03. The lowest BCUT2D eigenvalue weighted by atomic mass is 10.1. The summed E-state index contributed by atoms with van der Waals surface area (Å²) in [6, 6.07) is 0.138. The van der Waals surface area contributed by atoms with E-state index in [0.29, 0.717) is 0 Å². The van der Waals surface area contributed by atoms with E-state index in [9.17, 15) is 4.79 Å². The second-order valence-electron chi connectivity index (χ2n) is 2.79. The number of carbonyl (C=O) groups excluding carboxylic acids is 1. The summed E-state index contributed by atoms with van der Waals surface area (Å²) in [5, 5.41) is 2.72. The molecule has 0 bridgehead atoms. The molecule has 1 unspecified atom stereocenters. The van der Waals surface area contributed by atoms with E-state index in [2.05, 4.69) is 17.5 Å². The summed E-state index contributed by atoms with van der Waals surface area (Å²) in [4.78, 5) is 11.4. The van der Waals surface area contributed by atoms with Crippen LogP contribution in [0.25, 0.3) is 0 Å². The molecule has 0 saturated heterocycles. The molecule has 64 valence electrons. The number of amides is 1. The molecule has 0 aliphatic rings. The molecule has 0 aromatic heterocycles. The molecule has 1 amide bonds. The third kappa shape index (κ3) is 3.93. The maximum absolute atomic E-state index is 11.1. The Morgan fingerprint density at radius 1 is 1.45 bits per heavy atom. The van der Waals surface area contributed by atoms with Crippen LogP contribution in [0.5, 0.6) is 0 Å². The van der Waals surface area contributed by atoms with Gasteiger partial charge >= 0.3 is 0 Å². The fourth-order valence-electron chi connectivity index (χ4n) is 0.539. The van der Waals surface area contributed by atoms with Gasteiger partial charge in [0.15, 0.2) is 0 Å². The summed E-state index contributed by atoms with van der Waals surface area (Å²) < 4.78 is 0. The van der Waals surface area contributed by atoms with Crippen LogP contribution in [0.4, 0.5) is 0 Å². The normalized spacial score (nSPS) is 12.7. The lowest BCUT2D eigenvalue weighted by Crippen LogP contribution is -2.39. The second-order valence-corrected chi connectivity index (χ2v) is 3.26. The molecule has 0 spiro atoms. The van der Waals surface area contributed by atoms with Gasteiger partial charge in [0.1, 0.15) is 0 Å². The van der Waals surface area contributed by atoms with E-state index >= 15 is 0 Å². The number of carbonyl (C=O) groups is 1. The Labute approximate surface area is 72.3 Å². The van der Waals surface area contributed by atoms with Gasteiger partial charge in [0.05, 0.1) is 10.9 Å². The molecule has 0 rings (SSSR count). The number of nitrogens with one attached hydrogen (secondary N) is 1. The molecule has 3 nitrogen and oxygen atoms in total. The second kappa shape index (κ2) is 4.28. The minimum atomic E-state index is -0.368. The van der Waals surface area contributed by atoms with Crippen LogP contribution in [0.2, 0.25) is 0 Å². The topological polar surface area (TPSA) is 55.1 Å². The van der Waals surface area contributed by atoms with Crippen molar-refractivity contribution in [1.29, 1.82) is 0 Å². The summed E-state index contributed by atoms with van der Waals surface area (Å²) in [5.41, 5.74) is 5.28. The highest BCUT2D eigenvalue weighted by Gasteiger charge is 2.15. The van der Waals surface area contributed by atoms with E-state index in [-0.39, 0.29) is 22.9 Å². The van der Waals surface area contributed by atoms with Gasteiger partial charge in [0.25, 0.3) is 0 Å². The van der Waals surface area contributed by atoms with Crippen molar-refractivity contribution in [1.82, 2.24) is 5.32 Å². The zero-order valence-electron chi connectivity index (χ0n) is 7.05. The van der Waals surface area contributed by atoms with Crippen molar-refractivity contribution in [2.75, 3.05) is 0 Å². The minimum Gasteiger partial charge on any atom is -0.393 e. The maximum atomic E-state index is 11.1. The molecule has 11 heavy (non-hydrogen) atoms. The van der Waals surface area contributed by atoms with E-state index in [1.54, 1.807) is 6.92 Å². The molecule has 0 aromatic rings. The zero-order chi connectivity index (χ0) is 9.02. The lowest BCUT2D eigenvalue weighted by molar-refractivity contribution is -0.123. The Hall–Kier alpha value is -0.640. The molecule has 4 heteroatoms. The first-order valence-electron chi connectivity index (χ1n) is 3.54. The molecule has 0 aromatic carbocycles. The third-order valence-electron chi connectivity index (χ3n) is 1.25. The summed E-state index contributed by atoms with van der Waals surface area (Å²) in [6.45, 7) is 5.48. The van der Waals surface area contributed by atoms with E-state index in [1.807, 2.05) is 13.8 Å². The molecular weight excluding hydrogens is 160 g/mol. The van der Waals surface area contributed by atoms with Gasteiger partial charge in [-0.05, 0) is 20.8 Å². The molecule has 0 heterocycles. The van der Waals surface area contributed by atoms with E-state index in [4.69, 9.17) is 5.73 Å². The van der Waals surface area contributed by atoms with Crippen LogP contribution in [0.1, 0.15) is 20.8 Å². The molecule has 0 saturated carbocycles. The number of thiocarbonyl (C=S) groups is 1. The smallest absolute Gasteiger partial charge is 0.229 e. The predicted molar refractivity (Wildman–Crippen MR) is 49.2 cm³/mol. The monoisotopic (exact) mass is 174 g/mol. The molecule has 0 fully saturated rings. The van der Waals surface area contributed by atoms with Crippen molar-refractivity contribution in [2.45, 2.75) is 26.8 Å². The molecule has 0 radical (unpaired) electrons. The lowest BCUT2D eigenvalue weighted by Gasteiger charge is -2.12. The van der Waals surface area contributed by atoms with Crippen LogP contribution >= 0.6 is 12.2 Å². The average molecular weight is 174 g/mol. The SMILES string of the molecule is CC(C)NC(=O)C(C)C(N)=S. The van der Waals surface area contributed by atoms with Gasteiger partial charge in [-0.3, -0.25) is 4.79 Å². The molecule has 0 aliphatic heterocycles. The quantitative estimate of drug-likeness (QED) is 0.610. The highest BCUT2D eigenvalue weighted by atomic mass is 32.1. The van der Waals surface area contributed by atoms with Gasteiger partial charge in [-0.1, -0.05) is 12.2 Å². The van der Waals surface area contributed by atoms with Crippen molar-refractivity contribution in [2.24, 2.45) is 11.7 Å². The molecular formula is C7H14N2OS. The van der Waals surface area contributed by atoms with Crippen LogP contribution < -0.4 is 11.1 Å². The fraction of sp³-hybridized carbons (Fsp3) is 0.714. The fourth-order valence-corrected chi connectivity index (χ4v) is 0.646. The van der Waals surface area contributed by atoms with Crippen LogP contribution in [0, 0.1) is 5.92 Å². The first kappa shape index (κ1) is 10.4. The van der Waals surface area contributed by atoms with Gasteiger partial charge in [-0.15, -0.1) is 0 Å². The summed E-state index contributed by atoms with van der Waals surface area (Å²) in [7, 11) is 0. The van der Waals surface area contributed by atoms with Crippen LogP contribution in [0.15, 0.2) is 0 Å². The summed E-state index contributed by atoms with van der Waals surface area (Å²) in [6.07, 6.45) is 0.